The van der Waals surface area contributed by atoms with Crippen molar-refractivity contribution in [2.45, 2.75) is 0 Å². The Hall–Kier alpha value is -2.01. The summed E-state index contributed by atoms with van der Waals surface area (Å²) >= 11 is 0. The summed E-state index contributed by atoms with van der Waals surface area (Å²) in [5.41, 5.74) is 18.5. The quantitative estimate of drug-likeness (QED) is 0.345. The Morgan fingerprint density at radius 2 is 1.91 bits per heavy atom. The van der Waals surface area contributed by atoms with Gasteiger partial charge in [-0.15, -0.1) is 0 Å². The van der Waals surface area contributed by atoms with Crippen molar-refractivity contribution in [3.05, 3.63) is 16.5 Å². The highest BCUT2D eigenvalue weighted by Gasteiger charge is 1.95. The number of nitrogen functional groups attached to an aromatic ring is 2. The second-order valence-corrected chi connectivity index (χ2v) is 1.71. The molecule has 0 bridgehead atoms. The summed E-state index contributed by atoms with van der Waals surface area (Å²) in [5.74, 6) is 0.296. The van der Waals surface area contributed by atoms with E-state index in [1.807, 2.05) is 0 Å². The number of hydrogen-bond acceptors (Lipinski definition) is 5. The van der Waals surface area contributed by atoms with Gasteiger partial charge in [0.25, 0.3) is 0 Å². The fourth-order valence-electron chi connectivity index (χ4n) is 0.557. The Bertz CT molecular complexity index is 292. The highest BCUT2D eigenvalue weighted by molar-refractivity contribution is 5.44. The van der Waals surface area contributed by atoms with Gasteiger partial charge >= 0.3 is 0 Å². The van der Waals surface area contributed by atoms with Crippen molar-refractivity contribution in [1.29, 1.82) is 0 Å². The Balaban J connectivity index is 3.18. The van der Waals surface area contributed by atoms with Gasteiger partial charge < -0.3 is 11.5 Å². The molecule has 1 heterocycles. The maximum atomic E-state index is 8.00. The molecule has 56 valence electrons. The first-order valence-electron chi connectivity index (χ1n) is 2.67. The molecular weight excluding hydrogens is 146 g/mol. The molecule has 0 spiro atoms. The Morgan fingerprint density at radius 3 is 2.36 bits per heavy atom. The molecule has 0 fully saturated rings. The van der Waals surface area contributed by atoms with Gasteiger partial charge in [0.2, 0.25) is 5.95 Å². The molecular formula is C4H5N7. The topological polar surface area (TPSA) is 127 Å². The lowest BCUT2D eigenvalue weighted by Crippen LogP contribution is -1.96. The van der Waals surface area contributed by atoms with Gasteiger partial charge in [-0.3, -0.25) is 0 Å². The molecule has 0 amide bonds. The molecule has 7 heteroatoms. The minimum atomic E-state index is -0.0648. The first-order chi connectivity index (χ1) is 5.22. The van der Waals surface area contributed by atoms with Crippen molar-refractivity contribution in [3.63, 3.8) is 0 Å². The summed E-state index contributed by atoms with van der Waals surface area (Å²) in [7, 11) is 0. The van der Waals surface area contributed by atoms with Crippen LogP contribution in [0.4, 0.5) is 17.6 Å². The molecule has 7 nitrogen and oxygen atoms in total. The number of nitrogens with two attached hydrogens (primary N) is 2. The summed E-state index contributed by atoms with van der Waals surface area (Å²) in [6.45, 7) is 0. The highest BCUT2D eigenvalue weighted by atomic mass is 15.2. The highest BCUT2D eigenvalue weighted by Crippen LogP contribution is 2.10. The van der Waals surface area contributed by atoms with Crippen LogP contribution in [0.5, 0.6) is 0 Å². The van der Waals surface area contributed by atoms with Crippen LogP contribution in [0.25, 0.3) is 10.4 Å². The van der Waals surface area contributed by atoms with Gasteiger partial charge in [0, 0.05) is 11.0 Å². The third-order valence-corrected chi connectivity index (χ3v) is 0.888. The molecule has 0 aliphatic heterocycles. The molecule has 0 aliphatic carbocycles. The third-order valence-electron chi connectivity index (χ3n) is 0.888. The molecule has 1 rings (SSSR count). The number of anilines is 2. The van der Waals surface area contributed by atoms with Crippen LogP contribution in [0.3, 0.4) is 0 Å². The zero-order valence-electron chi connectivity index (χ0n) is 5.47. The van der Waals surface area contributed by atoms with E-state index in [1.165, 1.54) is 6.07 Å². The number of nitrogens with zero attached hydrogens (tertiary/aromatic N) is 5. The van der Waals surface area contributed by atoms with E-state index in [1.54, 1.807) is 0 Å². The molecule has 0 radical (unpaired) electrons. The average Bonchev–Trinajstić information content (AvgIpc) is 1.85. The van der Waals surface area contributed by atoms with Crippen LogP contribution in [-0.2, 0) is 0 Å². The second-order valence-electron chi connectivity index (χ2n) is 1.71. The largest absolute Gasteiger partial charge is 0.384 e. The van der Waals surface area contributed by atoms with Gasteiger partial charge in [0.1, 0.15) is 11.6 Å². The van der Waals surface area contributed by atoms with Crippen molar-refractivity contribution in [3.8, 4) is 0 Å². The zero-order chi connectivity index (χ0) is 8.27. The van der Waals surface area contributed by atoms with Gasteiger partial charge in [0.15, 0.2) is 0 Å². The average molecular weight is 151 g/mol. The molecule has 1 aromatic heterocycles. The molecule has 0 aliphatic rings. The fourth-order valence-corrected chi connectivity index (χ4v) is 0.557. The molecule has 0 aromatic carbocycles. The number of hydrogen-bond donors (Lipinski definition) is 2. The van der Waals surface area contributed by atoms with Crippen LogP contribution in [0, 0.1) is 0 Å². The van der Waals surface area contributed by atoms with Gasteiger partial charge in [0.05, 0.1) is 0 Å². The van der Waals surface area contributed by atoms with Crippen LogP contribution < -0.4 is 11.5 Å². The maximum Gasteiger partial charge on any atom is 0.220 e. The van der Waals surface area contributed by atoms with E-state index in [0.717, 1.165) is 0 Å². The monoisotopic (exact) mass is 151 g/mol. The summed E-state index contributed by atoms with van der Waals surface area (Å²) in [5, 5.41) is 3.13. The van der Waals surface area contributed by atoms with Crippen molar-refractivity contribution in [2.24, 2.45) is 5.11 Å². The standard InChI is InChI=1S/C4H5N7/c5-2-1-3(6)9-4(8-2)10-11-7/h1H,(H4,5,6,8,9). The van der Waals surface area contributed by atoms with Crippen LogP contribution in [-0.4, -0.2) is 9.97 Å². The molecule has 1 aromatic rings. The predicted octanol–water partition coefficient (Wildman–Crippen LogP) is 0.583. The van der Waals surface area contributed by atoms with Crippen molar-refractivity contribution in [2.75, 3.05) is 11.5 Å². The van der Waals surface area contributed by atoms with Crippen molar-refractivity contribution < 1.29 is 0 Å². The third kappa shape index (κ3) is 1.70. The summed E-state index contributed by atoms with van der Waals surface area (Å²) in [4.78, 5) is 9.66. The molecule has 0 atom stereocenters. The number of aromatic nitrogens is 2. The van der Waals surface area contributed by atoms with Crippen LogP contribution in [0.2, 0.25) is 0 Å². The lowest BCUT2D eigenvalue weighted by atomic mass is 10.5. The lowest BCUT2D eigenvalue weighted by Gasteiger charge is -1.95. The van der Waals surface area contributed by atoms with E-state index in [4.69, 9.17) is 17.0 Å². The molecule has 11 heavy (non-hydrogen) atoms. The smallest absolute Gasteiger partial charge is 0.220 e. The van der Waals surface area contributed by atoms with Gasteiger partial charge in [-0.25, -0.2) is 9.97 Å². The predicted molar refractivity (Wildman–Crippen MR) is 39.7 cm³/mol. The molecule has 0 unspecified atom stereocenters. The van der Waals surface area contributed by atoms with Crippen LogP contribution in [0.15, 0.2) is 11.2 Å². The van der Waals surface area contributed by atoms with Crippen molar-refractivity contribution in [1.82, 2.24) is 9.97 Å². The van der Waals surface area contributed by atoms with Crippen molar-refractivity contribution >= 4 is 17.6 Å². The van der Waals surface area contributed by atoms with Gasteiger partial charge in [-0.05, 0) is 10.6 Å². The summed E-state index contributed by atoms with van der Waals surface area (Å²) in [6, 6.07) is 1.37. The van der Waals surface area contributed by atoms with E-state index < -0.39 is 0 Å². The van der Waals surface area contributed by atoms with Gasteiger partial charge in [-0.1, -0.05) is 0 Å². The number of azide groups is 1. The van der Waals surface area contributed by atoms with E-state index in [9.17, 15) is 0 Å². The van der Waals surface area contributed by atoms with E-state index in [2.05, 4.69) is 20.0 Å². The minimum absolute atomic E-state index is 0.0648. The van der Waals surface area contributed by atoms with Crippen LogP contribution >= 0.6 is 0 Å². The van der Waals surface area contributed by atoms with Gasteiger partial charge in [-0.2, -0.15) is 0 Å². The molecule has 0 saturated carbocycles. The summed E-state index contributed by atoms with van der Waals surface area (Å²) in [6.07, 6.45) is 0. The summed E-state index contributed by atoms with van der Waals surface area (Å²) < 4.78 is 0. The Kier molecular flexibility index (Phi) is 1.75. The first kappa shape index (κ1) is 7.10. The molecule has 0 saturated heterocycles. The normalized spacial score (nSPS) is 8.73. The Morgan fingerprint density at radius 1 is 1.36 bits per heavy atom. The SMILES string of the molecule is [N-]=[N+]=Nc1nc(N)cc(N)n1. The van der Waals surface area contributed by atoms with Crippen LogP contribution in [0.1, 0.15) is 0 Å². The lowest BCUT2D eigenvalue weighted by molar-refractivity contribution is 1.14. The zero-order valence-corrected chi connectivity index (χ0v) is 5.47. The Labute approximate surface area is 61.7 Å². The maximum absolute atomic E-state index is 8.00. The number of rotatable bonds is 1. The second kappa shape index (κ2) is 2.72. The first-order valence-corrected chi connectivity index (χ1v) is 2.67. The molecule has 4 N–H and O–H groups in total. The van der Waals surface area contributed by atoms with E-state index >= 15 is 0 Å². The minimum Gasteiger partial charge on any atom is -0.384 e. The van der Waals surface area contributed by atoms with E-state index in [0.29, 0.717) is 0 Å². The van der Waals surface area contributed by atoms with E-state index in [-0.39, 0.29) is 17.6 Å². The fraction of sp³-hybridized carbons (Fsp3) is 0.